The van der Waals surface area contributed by atoms with Gasteiger partial charge in [0, 0.05) is 25.5 Å². The van der Waals surface area contributed by atoms with Crippen LogP contribution in [-0.4, -0.2) is 50.6 Å². The molecule has 144 valence electrons. The van der Waals surface area contributed by atoms with E-state index in [4.69, 9.17) is 4.42 Å². The molecule has 4 rings (SSSR count). The first-order valence-corrected chi connectivity index (χ1v) is 8.59. The van der Waals surface area contributed by atoms with Gasteiger partial charge in [-0.25, -0.2) is 9.97 Å². The van der Waals surface area contributed by atoms with E-state index in [2.05, 4.69) is 25.5 Å². The van der Waals surface area contributed by atoms with E-state index < -0.39 is 12.0 Å². The molecule has 0 radical (unpaired) electrons. The van der Waals surface area contributed by atoms with Crippen molar-refractivity contribution in [3.8, 4) is 11.5 Å². The fourth-order valence-electron chi connectivity index (χ4n) is 3.17. The molecule has 1 amide bonds. The third kappa shape index (κ3) is 3.86. The summed E-state index contributed by atoms with van der Waals surface area (Å²) in [4.78, 5) is 20.6. The smallest absolute Gasteiger partial charge is 0.403 e. The van der Waals surface area contributed by atoms with Crippen molar-refractivity contribution in [2.24, 2.45) is 5.41 Å². The molecule has 1 aliphatic heterocycles. The third-order valence-corrected chi connectivity index (χ3v) is 5.10. The topological polar surface area (TPSA) is 97.0 Å². The molecule has 0 atom stereocenters. The number of carbonyl (C=O) groups excluding carboxylic acids is 1. The Morgan fingerprint density at radius 1 is 1.15 bits per heavy atom. The minimum absolute atomic E-state index is 0.00826. The second-order valence-electron chi connectivity index (χ2n) is 6.94. The Labute approximate surface area is 152 Å². The number of rotatable bonds is 4. The first-order chi connectivity index (χ1) is 12.8. The first kappa shape index (κ1) is 17.7. The van der Waals surface area contributed by atoms with E-state index in [1.165, 1.54) is 12.8 Å². The van der Waals surface area contributed by atoms with Crippen LogP contribution in [0, 0.1) is 5.41 Å². The summed E-state index contributed by atoms with van der Waals surface area (Å²) in [6, 6.07) is 0.00826. The number of hydrogen-bond donors (Lipinski definition) is 1. The van der Waals surface area contributed by atoms with Gasteiger partial charge < -0.3 is 14.6 Å². The molecular weight excluding hydrogens is 365 g/mol. The Bertz CT molecular complexity index is 821. The zero-order chi connectivity index (χ0) is 19.1. The molecule has 0 aromatic carbocycles. The highest BCUT2D eigenvalue weighted by Gasteiger charge is 2.45. The third-order valence-electron chi connectivity index (χ3n) is 5.10. The molecule has 1 aliphatic carbocycles. The van der Waals surface area contributed by atoms with Gasteiger partial charge in [-0.3, -0.25) is 4.79 Å². The van der Waals surface area contributed by atoms with E-state index in [0.717, 1.165) is 38.3 Å². The Morgan fingerprint density at radius 3 is 2.41 bits per heavy atom. The molecule has 2 fully saturated rings. The number of nitrogens with zero attached hydrogens (tertiary/aromatic N) is 5. The number of nitrogens with one attached hydrogen (secondary N) is 1. The van der Waals surface area contributed by atoms with Crippen LogP contribution in [0.25, 0.3) is 11.5 Å². The van der Waals surface area contributed by atoms with Crippen molar-refractivity contribution in [2.75, 3.05) is 25.0 Å². The quantitative estimate of drug-likeness (QED) is 0.867. The number of piperidine rings is 1. The molecule has 8 nitrogen and oxygen atoms in total. The van der Waals surface area contributed by atoms with Crippen molar-refractivity contribution in [2.45, 2.75) is 31.9 Å². The van der Waals surface area contributed by atoms with Crippen LogP contribution in [0.4, 0.5) is 19.2 Å². The lowest BCUT2D eigenvalue weighted by Gasteiger charge is -2.32. The molecule has 27 heavy (non-hydrogen) atoms. The minimum atomic E-state index is -4.62. The van der Waals surface area contributed by atoms with Crippen LogP contribution in [0.5, 0.6) is 0 Å². The Morgan fingerprint density at radius 2 is 1.81 bits per heavy atom. The summed E-state index contributed by atoms with van der Waals surface area (Å²) in [5.74, 6) is -1.33. The van der Waals surface area contributed by atoms with E-state index in [-0.39, 0.29) is 29.9 Å². The van der Waals surface area contributed by atoms with Gasteiger partial charge >= 0.3 is 12.2 Å². The van der Waals surface area contributed by atoms with Crippen molar-refractivity contribution in [1.82, 2.24) is 25.1 Å². The van der Waals surface area contributed by atoms with Crippen molar-refractivity contribution < 1.29 is 22.4 Å². The van der Waals surface area contributed by atoms with Gasteiger partial charge in [0.1, 0.15) is 0 Å². The molecule has 3 heterocycles. The number of alkyl halides is 3. The number of carbonyl (C=O) groups is 1. The summed E-state index contributed by atoms with van der Waals surface area (Å²) in [5.41, 5.74) is 0.649. The average Bonchev–Trinajstić information content (AvgIpc) is 3.23. The van der Waals surface area contributed by atoms with Gasteiger partial charge in [0.25, 0.3) is 5.89 Å². The molecule has 1 N–H and O–H groups in total. The zero-order valence-electron chi connectivity index (χ0n) is 14.3. The molecule has 1 spiro atoms. The largest absolute Gasteiger partial charge is 0.451 e. The maximum atomic E-state index is 12.5. The summed E-state index contributed by atoms with van der Waals surface area (Å²) in [6.07, 6.45) is 1.94. The highest BCUT2D eigenvalue weighted by molar-refractivity contribution is 5.80. The number of aromatic nitrogens is 4. The maximum absolute atomic E-state index is 12.5. The molecule has 2 aliphatic rings. The summed E-state index contributed by atoms with van der Waals surface area (Å²) in [6.45, 7) is 1.54. The number of anilines is 1. The first-order valence-electron chi connectivity index (χ1n) is 8.59. The van der Waals surface area contributed by atoms with E-state index in [9.17, 15) is 18.0 Å². The summed E-state index contributed by atoms with van der Waals surface area (Å²) < 4.78 is 42.7. The SMILES string of the molecule is O=C(CNc1nnc(-c2cnc(C(F)(F)F)nc2)o1)N1CCC2(CC1)CC2. The van der Waals surface area contributed by atoms with Crippen molar-refractivity contribution >= 4 is 11.9 Å². The van der Waals surface area contributed by atoms with Crippen LogP contribution in [-0.2, 0) is 11.0 Å². The van der Waals surface area contributed by atoms with E-state index in [1.54, 1.807) is 0 Å². The fraction of sp³-hybridized carbons (Fsp3) is 0.562. The van der Waals surface area contributed by atoms with Crippen LogP contribution < -0.4 is 5.32 Å². The fourth-order valence-corrected chi connectivity index (χ4v) is 3.17. The number of likely N-dealkylation sites (tertiary alicyclic amines) is 1. The van der Waals surface area contributed by atoms with Crippen LogP contribution in [0.3, 0.4) is 0 Å². The Hall–Kier alpha value is -2.72. The van der Waals surface area contributed by atoms with E-state index >= 15 is 0 Å². The highest BCUT2D eigenvalue weighted by Crippen LogP contribution is 2.53. The second-order valence-corrected chi connectivity index (χ2v) is 6.94. The molecule has 11 heteroatoms. The van der Waals surface area contributed by atoms with Crippen LogP contribution in [0.2, 0.25) is 0 Å². The van der Waals surface area contributed by atoms with Gasteiger partial charge in [-0.1, -0.05) is 5.10 Å². The lowest BCUT2D eigenvalue weighted by atomic mass is 9.94. The van der Waals surface area contributed by atoms with E-state index in [0.29, 0.717) is 5.41 Å². The number of halogens is 3. The number of amides is 1. The molecule has 1 saturated carbocycles. The summed E-state index contributed by atoms with van der Waals surface area (Å²) >= 11 is 0. The normalized spacial score (nSPS) is 18.6. The monoisotopic (exact) mass is 382 g/mol. The summed E-state index contributed by atoms with van der Waals surface area (Å²) in [7, 11) is 0. The molecule has 2 aromatic heterocycles. The standard InChI is InChI=1S/C16H17F3N6O2/c17-16(18,19)13-20-7-10(8-21-13)12-23-24-14(27-12)22-9-11(26)25-5-3-15(1-2-15)4-6-25/h7-8H,1-6,9H2,(H,22,24). The van der Waals surface area contributed by atoms with Gasteiger partial charge in [0.15, 0.2) is 0 Å². The van der Waals surface area contributed by atoms with Crippen molar-refractivity contribution in [3.05, 3.63) is 18.2 Å². The molecule has 2 aromatic rings. The van der Waals surface area contributed by atoms with Crippen molar-refractivity contribution in [3.63, 3.8) is 0 Å². The Kier molecular flexibility index (Phi) is 4.23. The lowest BCUT2D eigenvalue weighted by Crippen LogP contribution is -2.41. The van der Waals surface area contributed by atoms with Crippen LogP contribution in [0.15, 0.2) is 16.8 Å². The predicted molar refractivity (Wildman–Crippen MR) is 86.3 cm³/mol. The van der Waals surface area contributed by atoms with Crippen molar-refractivity contribution in [1.29, 1.82) is 0 Å². The van der Waals surface area contributed by atoms with Crippen LogP contribution in [0.1, 0.15) is 31.5 Å². The van der Waals surface area contributed by atoms with Crippen LogP contribution >= 0.6 is 0 Å². The molecular formula is C16H17F3N6O2. The predicted octanol–water partition coefficient (Wildman–Crippen LogP) is 2.36. The second kappa shape index (κ2) is 6.46. The zero-order valence-corrected chi connectivity index (χ0v) is 14.3. The van der Waals surface area contributed by atoms with Gasteiger partial charge in [-0.2, -0.15) is 13.2 Å². The highest BCUT2D eigenvalue weighted by atomic mass is 19.4. The lowest BCUT2D eigenvalue weighted by molar-refractivity contribution is -0.145. The molecule has 0 unspecified atom stereocenters. The van der Waals surface area contributed by atoms with Gasteiger partial charge in [-0.15, -0.1) is 5.10 Å². The molecule has 0 bridgehead atoms. The Balaban J connectivity index is 1.32. The minimum Gasteiger partial charge on any atom is -0.403 e. The van der Waals surface area contributed by atoms with Gasteiger partial charge in [-0.05, 0) is 31.1 Å². The van der Waals surface area contributed by atoms with Gasteiger partial charge in [0.05, 0.1) is 12.1 Å². The average molecular weight is 382 g/mol. The number of hydrogen-bond acceptors (Lipinski definition) is 7. The molecule has 1 saturated heterocycles. The van der Waals surface area contributed by atoms with Gasteiger partial charge in [0.2, 0.25) is 11.7 Å². The maximum Gasteiger partial charge on any atom is 0.451 e. The summed E-state index contributed by atoms with van der Waals surface area (Å²) in [5, 5.41) is 10.2. The van der Waals surface area contributed by atoms with E-state index in [1.807, 2.05) is 4.90 Å².